The van der Waals surface area contributed by atoms with Gasteiger partial charge in [-0.3, -0.25) is 14.5 Å². The first-order valence-corrected chi connectivity index (χ1v) is 6.73. The minimum atomic E-state index is -0.920. The second-order valence-electron chi connectivity index (χ2n) is 5.18. The van der Waals surface area contributed by atoms with Gasteiger partial charge in [0, 0.05) is 26.7 Å². The summed E-state index contributed by atoms with van der Waals surface area (Å²) in [6, 6.07) is 0. The first-order chi connectivity index (χ1) is 9.02. The molecule has 1 atom stereocenters. The van der Waals surface area contributed by atoms with Crippen LogP contribution < -0.4 is 0 Å². The molecule has 0 aromatic heterocycles. The number of likely N-dealkylation sites (tertiary alicyclic amines) is 1. The Hall–Kier alpha value is -1.14. The molecule has 0 aliphatic carbocycles. The predicted molar refractivity (Wildman–Crippen MR) is 70.9 cm³/mol. The zero-order chi connectivity index (χ0) is 14.3. The summed E-state index contributed by atoms with van der Waals surface area (Å²) in [5.74, 6) is -0.371. The van der Waals surface area contributed by atoms with Crippen LogP contribution >= 0.6 is 0 Å². The van der Waals surface area contributed by atoms with E-state index in [4.69, 9.17) is 9.84 Å². The van der Waals surface area contributed by atoms with E-state index in [0.717, 1.165) is 25.9 Å². The van der Waals surface area contributed by atoms with Crippen molar-refractivity contribution < 1.29 is 19.4 Å². The van der Waals surface area contributed by atoms with E-state index in [-0.39, 0.29) is 19.0 Å². The molecule has 1 aliphatic rings. The second kappa shape index (κ2) is 8.12. The summed E-state index contributed by atoms with van der Waals surface area (Å²) in [7, 11) is 1.56. The molecule has 1 N–H and O–H groups in total. The molecule has 0 spiro atoms. The molecule has 1 amide bonds. The van der Waals surface area contributed by atoms with E-state index in [0.29, 0.717) is 19.1 Å². The van der Waals surface area contributed by atoms with E-state index in [1.807, 2.05) is 4.90 Å². The lowest BCUT2D eigenvalue weighted by molar-refractivity contribution is -0.140. The van der Waals surface area contributed by atoms with Crippen molar-refractivity contribution >= 4 is 11.9 Å². The van der Waals surface area contributed by atoms with Crippen LogP contribution in [0.2, 0.25) is 0 Å². The summed E-state index contributed by atoms with van der Waals surface area (Å²) in [5, 5.41) is 8.84. The molecule has 1 heterocycles. The highest BCUT2D eigenvalue weighted by Crippen LogP contribution is 2.15. The fourth-order valence-electron chi connectivity index (χ4n) is 2.33. The van der Waals surface area contributed by atoms with Crippen LogP contribution in [-0.2, 0) is 14.3 Å². The molecular formula is C13H24N2O4. The fraction of sp³-hybridized carbons (Fsp3) is 0.846. The highest BCUT2D eigenvalue weighted by Gasteiger charge is 2.23. The van der Waals surface area contributed by atoms with Crippen molar-refractivity contribution in [3.05, 3.63) is 0 Å². The smallest absolute Gasteiger partial charge is 0.317 e. The highest BCUT2D eigenvalue weighted by atomic mass is 16.5. The molecule has 1 unspecified atom stereocenters. The third-order valence-corrected chi connectivity index (χ3v) is 3.34. The van der Waals surface area contributed by atoms with Gasteiger partial charge in [-0.05, 0) is 18.8 Å². The molecule has 0 saturated carbocycles. The van der Waals surface area contributed by atoms with Gasteiger partial charge >= 0.3 is 5.97 Å². The number of piperidine rings is 1. The lowest BCUT2D eigenvalue weighted by Crippen LogP contribution is -2.46. The molecule has 110 valence electrons. The maximum absolute atomic E-state index is 12.1. The number of carboxylic acid groups (broad SMARTS) is 1. The SMILES string of the molecule is COCCN(CC(=O)O)CC(=O)N1CCCC(C)C1. The molecule has 0 bridgehead atoms. The van der Waals surface area contributed by atoms with Gasteiger partial charge in [0.05, 0.1) is 19.7 Å². The summed E-state index contributed by atoms with van der Waals surface area (Å²) in [5.41, 5.74) is 0. The van der Waals surface area contributed by atoms with Gasteiger partial charge in [-0.1, -0.05) is 6.92 Å². The molecule has 0 aromatic rings. The van der Waals surface area contributed by atoms with Gasteiger partial charge in [0.2, 0.25) is 5.91 Å². The van der Waals surface area contributed by atoms with Crippen LogP contribution in [0.15, 0.2) is 0 Å². The van der Waals surface area contributed by atoms with Crippen LogP contribution in [0.3, 0.4) is 0 Å². The quantitative estimate of drug-likeness (QED) is 0.721. The zero-order valence-corrected chi connectivity index (χ0v) is 11.8. The maximum Gasteiger partial charge on any atom is 0.317 e. The van der Waals surface area contributed by atoms with Gasteiger partial charge in [0.1, 0.15) is 0 Å². The predicted octanol–water partition coefficient (Wildman–Crippen LogP) is 0.278. The minimum absolute atomic E-state index is 0.0175. The van der Waals surface area contributed by atoms with E-state index >= 15 is 0 Å². The molecule has 6 nitrogen and oxygen atoms in total. The van der Waals surface area contributed by atoms with Crippen LogP contribution in [0.5, 0.6) is 0 Å². The van der Waals surface area contributed by atoms with Crippen molar-refractivity contribution in [3.63, 3.8) is 0 Å². The average molecular weight is 272 g/mol. The Morgan fingerprint density at radius 3 is 2.74 bits per heavy atom. The lowest BCUT2D eigenvalue weighted by Gasteiger charge is -2.32. The van der Waals surface area contributed by atoms with Crippen molar-refractivity contribution in [3.8, 4) is 0 Å². The Bertz CT molecular complexity index is 309. The van der Waals surface area contributed by atoms with E-state index in [2.05, 4.69) is 6.92 Å². The normalized spacial score (nSPS) is 19.7. The Morgan fingerprint density at radius 1 is 1.42 bits per heavy atom. The highest BCUT2D eigenvalue weighted by molar-refractivity contribution is 5.79. The average Bonchev–Trinajstić information content (AvgIpc) is 2.35. The third kappa shape index (κ3) is 6.02. The summed E-state index contributed by atoms with van der Waals surface area (Å²) in [6.07, 6.45) is 2.19. The topological polar surface area (TPSA) is 70.1 Å². The second-order valence-corrected chi connectivity index (χ2v) is 5.18. The van der Waals surface area contributed by atoms with Gasteiger partial charge in [-0.25, -0.2) is 0 Å². The van der Waals surface area contributed by atoms with Crippen LogP contribution in [0, 0.1) is 5.92 Å². The molecular weight excluding hydrogens is 248 g/mol. The molecule has 6 heteroatoms. The maximum atomic E-state index is 12.1. The first kappa shape index (κ1) is 15.9. The molecule has 1 fully saturated rings. The van der Waals surface area contributed by atoms with Gasteiger partial charge < -0.3 is 14.7 Å². The number of nitrogens with zero attached hydrogens (tertiary/aromatic N) is 2. The number of hydrogen-bond acceptors (Lipinski definition) is 4. The number of carboxylic acids is 1. The van der Waals surface area contributed by atoms with Gasteiger partial charge in [0.15, 0.2) is 0 Å². The van der Waals surface area contributed by atoms with E-state index in [1.165, 1.54) is 0 Å². The van der Waals surface area contributed by atoms with Crippen LogP contribution in [-0.4, -0.2) is 73.2 Å². The first-order valence-electron chi connectivity index (χ1n) is 6.73. The molecule has 1 rings (SSSR count). The van der Waals surface area contributed by atoms with E-state index in [1.54, 1.807) is 12.0 Å². The van der Waals surface area contributed by atoms with Crippen LogP contribution in [0.25, 0.3) is 0 Å². The van der Waals surface area contributed by atoms with Crippen molar-refractivity contribution in [2.24, 2.45) is 5.92 Å². The largest absolute Gasteiger partial charge is 0.480 e. The summed E-state index contributed by atoms with van der Waals surface area (Å²) >= 11 is 0. The summed E-state index contributed by atoms with van der Waals surface area (Å²) in [4.78, 5) is 26.4. The van der Waals surface area contributed by atoms with Gasteiger partial charge in [0.25, 0.3) is 0 Å². The van der Waals surface area contributed by atoms with Gasteiger partial charge in [-0.15, -0.1) is 0 Å². The van der Waals surface area contributed by atoms with Crippen molar-refractivity contribution in [1.82, 2.24) is 9.80 Å². The molecule has 0 aromatic carbocycles. The molecule has 0 radical (unpaired) electrons. The van der Waals surface area contributed by atoms with Crippen molar-refractivity contribution in [2.75, 3.05) is 46.4 Å². The molecule has 19 heavy (non-hydrogen) atoms. The van der Waals surface area contributed by atoms with Crippen LogP contribution in [0.1, 0.15) is 19.8 Å². The number of rotatable bonds is 7. The standard InChI is InChI=1S/C13H24N2O4/c1-11-4-3-5-15(8-11)12(16)9-14(6-7-19-2)10-13(17)18/h11H,3-10H2,1-2H3,(H,17,18). The summed E-state index contributed by atoms with van der Waals surface area (Å²) < 4.78 is 4.94. The van der Waals surface area contributed by atoms with Crippen molar-refractivity contribution in [1.29, 1.82) is 0 Å². The third-order valence-electron chi connectivity index (χ3n) is 3.34. The number of ether oxygens (including phenoxy) is 1. The Morgan fingerprint density at radius 2 is 2.16 bits per heavy atom. The Labute approximate surface area is 114 Å². The number of aliphatic carboxylic acids is 1. The van der Waals surface area contributed by atoms with Gasteiger partial charge in [-0.2, -0.15) is 0 Å². The monoisotopic (exact) mass is 272 g/mol. The number of methoxy groups -OCH3 is 1. The summed E-state index contributed by atoms with van der Waals surface area (Å²) in [6.45, 7) is 4.62. The molecule has 1 saturated heterocycles. The van der Waals surface area contributed by atoms with Crippen molar-refractivity contribution in [2.45, 2.75) is 19.8 Å². The Balaban J connectivity index is 2.46. The van der Waals surface area contributed by atoms with E-state index < -0.39 is 5.97 Å². The number of carbonyl (C=O) groups excluding carboxylic acids is 1. The Kier molecular flexibility index (Phi) is 6.80. The minimum Gasteiger partial charge on any atom is -0.480 e. The number of hydrogen-bond donors (Lipinski definition) is 1. The van der Waals surface area contributed by atoms with Crippen LogP contribution in [0.4, 0.5) is 0 Å². The zero-order valence-electron chi connectivity index (χ0n) is 11.8. The number of carbonyl (C=O) groups is 2. The lowest BCUT2D eigenvalue weighted by atomic mass is 10.0. The number of amides is 1. The molecule has 1 aliphatic heterocycles. The fourth-order valence-corrected chi connectivity index (χ4v) is 2.33. The van der Waals surface area contributed by atoms with E-state index in [9.17, 15) is 9.59 Å².